The lowest BCUT2D eigenvalue weighted by molar-refractivity contribution is 0.252. The van der Waals surface area contributed by atoms with Gasteiger partial charge in [-0.1, -0.05) is 25.5 Å². The molecule has 0 fully saturated rings. The number of rotatable bonds is 5. The zero-order chi connectivity index (χ0) is 11.8. The van der Waals surface area contributed by atoms with E-state index >= 15 is 0 Å². The largest absolute Gasteiger partial charge is 0.495 e. The zero-order valence-electron chi connectivity index (χ0n) is 9.75. The summed E-state index contributed by atoms with van der Waals surface area (Å²) in [5, 5.41) is 5.52. The summed E-state index contributed by atoms with van der Waals surface area (Å²) in [5.74, 6) is 0.660. The van der Waals surface area contributed by atoms with Crippen LogP contribution in [0.5, 0.6) is 5.75 Å². The van der Waals surface area contributed by atoms with Gasteiger partial charge in [-0.3, -0.25) is 0 Å². The Kier molecular flexibility index (Phi) is 5.19. The standard InChI is InChI=1S/C12H18N2O2/c1-3-4-9-13-12(15)14-10-7-5-6-8-11(10)16-2/h5-8H,3-4,9H2,1-2H3,(H2,13,14,15). The molecule has 0 aliphatic carbocycles. The molecule has 0 bridgehead atoms. The summed E-state index contributed by atoms with van der Waals surface area (Å²) >= 11 is 0. The molecule has 0 spiro atoms. The van der Waals surface area contributed by atoms with Gasteiger partial charge >= 0.3 is 6.03 Å². The maximum absolute atomic E-state index is 11.5. The number of nitrogens with one attached hydrogen (secondary N) is 2. The van der Waals surface area contributed by atoms with Gasteiger partial charge in [0.25, 0.3) is 0 Å². The van der Waals surface area contributed by atoms with Crippen LogP contribution in [0.15, 0.2) is 24.3 Å². The monoisotopic (exact) mass is 222 g/mol. The number of anilines is 1. The van der Waals surface area contributed by atoms with Crippen LogP contribution in [0.2, 0.25) is 0 Å². The number of amides is 2. The molecule has 88 valence electrons. The second-order valence-electron chi connectivity index (χ2n) is 3.43. The van der Waals surface area contributed by atoms with Crippen LogP contribution in [0.4, 0.5) is 10.5 Å². The molecule has 1 rings (SSSR count). The van der Waals surface area contributed by atoms with Gasteiger partial charge in [0, 0.05) is 6.54 Å². The zero-order valence-corrected chi connectivity index (χ0v) is 9.75. The molecule has 4 heteroatoms. The van der Waals surface area contributed by atoms with Crippen molar-refractivity contribution in [3.63, 3.8) is 0 Å². The lowest BCUT2D eigenvalue weighted by Crippen LogP contribution is -2.29. The van der Waals surface area contributed by atoms with E-state index < -0.39 is 0 Å². The van der Waals surface area contributed by atoms with Crippen LogP contribution in [0, 0.1) is 0 Å². The van der Waals surface area contributed by atoms with Gasteiger partial charge in [0.05, 0.1) is 12.8 Å². The number of methoxy groups -OCH3 is 1. The molecule has 0 aliphatic heterocycles. The lowest BCUT2D eigenvalue weighted by atomic mass is 10.3. The third kappa shape index (κ3) is 3.81. The normalized spacial score (nSPS) is 9.62. The highest BCUT2D eigenvalue weighted by Gasteiger charge is 2.04. The van der Waals surface area contributed by atoms with Crippen molar-refractivity contribution in [1.29, 1.82) is 0 Å². The van der Waals surface area contributed by atoms with Crippen LogP contribution in [-0.2, 0) is 0 Å². The summed E-state index contributed by atoms with van der Waals surface area (Å²) in [6.07, 6.45) is 2.05. The van der Waals surface area contributed by atoms with Gasteiger partial charge in [-0.25, -0.2) is 4.79 Å². The minimum Gasteiger partial charge on any atom is -0.495 e. The van der Waals surface area contributed by atoms with Crippen LogP contribution in [0.3, 0.4) is 0 Å². The van der Waals surface area contributed by atoms with E-state index in [9.17, 15) is 4.79 Å². The number of ether oxygens (including phenoxy) is 1. The van der Waals surface area contributed by atoms with Crippen molar-refractivity contribution >= 4 is 11.7 Å². The highest BCUT2D eigenvalue weighted by Crippen LogP contribution is 2.22. The topological polar surface area (TPSA) is 50.4 Å². The van der Waals surface area contributed by atoms with Crippen molar-refractivity contribution in [3.05, 3.63) is 24.3 Å². The molecule has 0 saturated carbocycles. The van der Waals surface area contributed by atoms with Crippen molar-refractivity contribution in [2.24, 2.45) is 0 Å². The molecule has 2 amide bonds. The lowest BCUT2D eigenvalue weighted by Gasteiger charge is -2.10. The predicted octanol–water partition coefficient (Wildman–Crippen LogP) is 2.62. The molecule has 0 aromatic heterocycles. The van der Waals surface area contributed by atoms with E-state index in [4.69, 9.17) is 4.74 Å². The van der Waals surface area contributed by atoms with Gasteiger partial charge < -0.3 is 15.4 Å². The number of benzene rings is 1. The summed E-state index contributed by atoms with van der Waals surface area (Å²) in [7, 11) is 1.58. The van der Waals surface area contributed by atoms with Gasteiger partial charge in [-0.2, -0.15) is 0 Å². The molecular formula is C12H18N2O2. The molecule has 2 N–H and O–H groups in total. The molecule has 4 nitrogen and oxygen atoms in total. The first-order chi connectivity index (χ1) is 7.77. The number of unbranched alkanes of at least 4 members (excludes halogenated alkanes) is 1. The first-order valence-electron chi connectivity index (χ1n) is 5.45. The molecule has 0 unspecified atom stereocenters. The molecular weight excluding hydrogens is 204 g/mol. The van der Waals surface area contributed by atoms with Crippen LogP contribution in [0.1, 0.15) is 19.8 Å². The molecule has 0 radical (unpaired) electrons. The number of carbonyl (C=O) groups excluding carboxylic acids is 1. The second-order valence-corrected chi connectivity index (χ2v) is 3.43. The van der Waals surface area contributed by atoms with E-state index in [-0.39, 0.29) is 6.03 Å². The Morgan fingerprint density at radius 1 is 1.38 bits per heavy atom. The van der Waals surface area contributed by atoms with E-state index in [0.29, 0.717) is 18.0 Å². The number of hydrogen-bond donors (Lipinski definition) is 2. The van der Waals surface area contributed by atoms with Crippen molar-refractivity contribution in [1.82, 2.24) is 5.32 Å². The highest BCUT2D eigenvalue weighted by atomic mass is 16.5. The Morgan fingerprint density at radius 2 is 2.12 bits per heavy atom. The first kappa shape index (κ1) is 12.4. The predicted molar refractivity (Wildman–Crippen MR) is 64.9 cm³/mol. The summed E-state index contributed by atoms with van der Waals surface area (Å²) < 4.78 is 5.13. The van der Waals surface area contributed by atoms with E-state index in [1.54, 1.807) is 13.2 Å². The fourth-order valence-corrected chi connectivity index (χ4v) is 1.29. The van der Waals surface area contributed by atoms with Crippen molar-refractivity contribution in [2.75, 3.05) is 19.0 Å². The fourth-order valence-electron chi connectivity index (χ4n) is 1.29. The van der Waals surface area contributed by atoms with Gasteiger partial charge in [-0.05, 0) is 18.6 Å². The third-order valence-corrected chi connectivity index (χ3v) is 2.17. The minimum absolute atomic E-state index is 0.196. The smallest absolute Gasteiger partial charge is 0.319 e. The average molecular weight is 222 g/mol. The van der Waals surface area contributed by atoms with Crippen LogP contribution >= 0.6 is 0 Å². The Bertz CT molecular complexity index is 340. The van der Waals surface area contributed by atoms with Crippen LogP contribution in [-0.4, -0.2) is 19.7 Å². The molecule has 0 heterocycles. The molecule has 0 atom stereocenters. The Labute approximate surface area is 96.0 Å². The maximum Gasteiger partial charge on any atom is 0.319 e. The minimum atomic E-state index is -0.196. The van der Waals surface area contributed by atoms with E-state index in [1.807, 2.05) is 18.2 Å². The number of hydrogen-bond acceptors (Lipinski definition) is 2. The SMILES string of the molecule is CCCCNC(=O)Nc1ccccc1OC. The molecule has 1 aromatic carbocycles. The summed E-state index contributed by atoms with van der Waals surface area (Å²) in [6, 6.07) is 7.13. The van der Waals surface area contributed by atoms with Crippen LogP contribution < -0.4 is 15.4 Å². The van der Waals surface area contributed by atoms with E-state index in [1.165, 1.54) is 0 Å². The van der Waals surface area contributed by atoms with Gasteiger partial charge in [0.2, 0.25) is 0 Å². The van der Waals surface area contributed by atoms with Crippen molar-refractivity contribution < 1.29 is 9.53 Å². The fraction of sp³-hybridized carbons (Fsp3) is 0.417. The van der Waals surface area contributed by atoms with Crippen molar-refractivity contribution in [2.45, 2.75) is 19.8 Å². The average Bonchev–Trinajstić information content (AvgIpc) is 2.30. The third-order valence-electron chi connectivity index (χ3n) is 2.17. The highest BCUT2D eigenvalue weighted by molar-refractivity contribution is 5.90. The summed E-state index contributed by atoms with van der Waals surface area (Å²) in [6.45, 7) is 2.78. The first-order valence-corrected chi connectivity index (χ1v) is 5.45. The Balaban J connectivity index is 2.49. The van der Waals surface area contributed by atoms with Gasteiger partial charge in [0.1, 0.15) is 5.75 Å². The molecule has 0 aliphatic rings. The second kappa shape index (κ2) is 6.71. The number of para-hydroxylation sites is 2. The quantitative estimate of drug-likeness (QED) is 0.752. The van der Waals surface area contributed by atoms with E-state index in [2.05, 4.69) is 17.6 Å². The Hall–Kier alpha value is -1.71. The van der Waals surface area contributed by atoms with E-state index in [0.717, 1.165) is 12.8 Å². The Morgan fingerprint density at radius 3 is 2.81 bits per heavy atom. The molecule has 0 saturated heterocycles. The van der Waals surface area contributed by atoms with Gasteiger partial charge in [0.15, 0.2) is 0 Å². The summed E-state index contributed by atoms with van der Waals surface area (Å²) in [5.41, 5.74) is 0.680. The number of urea groups is 1. The summed E-state index contributed by atoms with van der Waals surface area (Å²) in [4.78, 5) is 11.5. The van der Waals surface area contributed by atoms with Gasteiger partial charge in [-0.15, -0.1) is 0 Å². The maximum atomic E-state index is 11.5. The molecule has 1 aromatic rings. The molecule has 16 heavy (non-hydrogen) atoms. The van der Waals surface area contributed by atoms with Crippen molar-refractivity contribution in [3.8, 4) is 5.75 Å². The number of carbonyl (C=O) groups is 1. The van der Waals surface area contributed by atoms with Crippen LogP contribution in [0.25, 0.3) is 0 Å².